The smallest absolute Gasteiger partial charge is 0.229 e. The van der Waals surface area contributed by atoms with E-state index in [0.717, 1.165) is 37.3 Å². The van der Waals surface area contributed by atoms with E-state index in [4.69, 9.17) is 15.0 Å². The van der Waals surface area contributed by atoms with Gasteiger partial charge in [0.2, 0.25) is 5.89 Å². The monoisotopic (exact) mass is 287 g/mol. The molecule has 2 atom stereocenters. The van der Waals surface area contributed by atoms with Crippen LogP contribution in [0.15, 0.2) is 34.9 Å². The van der Waals surface area contributed by atoms with Gasteiger partial charge in [-0.05, 0) is 31.4 Å². The molecule has 1 aliphatic rings. The molecule has 0 amide bonds. The van der Waals surface area contributed by atoms with E-state index in [1.54, 1.807) is 0 Å². The predicted octanol–water partition coefficient (Wildman–Crippen LogP) is 2.68. The normalized spacial score (nSPS) is 22.1. The zero-order chi connectivity index (χ0) is 14.5. The van der Waals surface area contributed by atoms with Gasteiger partial charge < -0.3 is 15.0 Å². The average molecular weight is 287 g/mol. The molecule has 5 heteroatoms. The summed E-state index contributed by atoms with van der Waals surface area (Å²) in [5.74, 6) is 2.63. The van der Waals surface area contributed by atoms with Crippen LogP contribution in [-0.2, 0) is 6.42 Å². The highest BCUT2D eigenvalue weighted by atomic mass is 16.5. The molecular formula is C16H21N3O2. The molecule has 1 fully saturated rings. The minimum absolute atomic E-state index is 0.264. The molecule has 0 spiro atoms. The van der Waals surface area contributed by atoms with Gasteiger partial charge in [0, 0.05) is 18.4 Å². The van der Waals surface area contributed by atoms with Gasteiger partial charge in [0.05, 0.1) is 6.61 Å². The van der Waals surface area contributed by atoms with Crippen LogP contribution in [0.3, 0.4) is 0 Å². The van der Waals surface area contributed by atoms with Gasteiger partial charge in [0.15, 0.2) is 5.82 Å². The van der Waals surface area contributed by atoms with Crippen LogP contribution in [-0.4, -0.2) is 22.8 Å². The van der Waals surface area contributed by atoms with Crippen molar-refractivity contribution in [2.75, 3.05) is 6.61 Å². The van der Waals surface area contributed by atoms with Crippen LogP contribution in [0.5, 0.6) is 5.75 Å². The van der Waals surface area contributed by atoms with Crippen LogP contribution in [0.25, 0.3) is 0 Å². The number of nitrogens with two attached hydrogens (primary N) is 1. The quantitative estimate of drug-likeness (QED) is 0.915. The highest BCUT2D eigenvalue weighted by Crippen LogP contribution is 2.31. The van der Waals surface area contributed by atoms with Gasteiger partial charge in [-0.1, -0.05) is 29.8 Å². The standard InChI is InChI=1S/C16H21N3O2/c17-13-6-4-5-12(11-13)16-18-15(19-21-16)9-10-20-14-7-2-1-3-8-14/h1-3,7-8,12-13H,4-6,9-11,17H2. The largest absolute Gasteiger partial charge is 0.493 e. The van der Waals surface area contributed by atoms with Gasteiger partial charge in [0.25, 0.3) is 0 Å². The van der Waals surface area contributed by atoms with Crippen molar-refractivity contribution in [3.8, 4) is 5.75 Å². The van der Waals surface area contributed by atoms with Crippen molar-refractivity contribution in [3.63, 3.8) is 0 Å². The van der Waals surface area contributed by atoms with E-state index in [9.17, 15) is 0 Å². The lowest BCUT2D eigenvalue weighted by atomic mass is 9.86. The molecule has 1 heterocycles. The molecule has 0 aliphatic heterocycles. The van der Waals surface area contributed by atoms with Crippen LogP contribution in [0.4, 0.5) is 0 Å². The summed E-state index contributed by atoms with van der Waals surface area (Å²) in [5.41, 5.74) is 6.00. The molecular weight excluding hydrogens is 266 g/mol. The van der Waals surface area contributed by atoms with Gasteiger partial charge in [-0.3, -0.25) is 0 Å². The maximum atomic E-state index is 6.00. The van der Waals surface area contributed by atoms with Gasteiger partial charge in [-0.2, -0.15) is 4.98 Å². The molecule has 2 N–H and O–H groups in total. The number of hydrogen-bond donors (Lipinski definition) is 1. The molecule has 0 saturated heterocycles. The van der Waals surface area contributed by atoms with E-state index in [2.05, 4.69) is 10.1 Å². The SMILES string of the molecule is NC1CCCC(c2nc(CCOc3ccccc3)no2)C1. The lowest BCUT2D eigenvalue weighted by Crippen LogP contribution is -2.26. The summed E-state index contributed by atoms with van der Waals surface area (Å²) in [6.07, 6.45) is 4.93. The van der Waals surface area contributed by atoms with Crippen LogP contribution >= 0.6 is 0 Å². The molecule has 1 aliphatic carbocycles. The van der Waals surface area contributed by atoms with Crippen molar-refractivity contribution in [2.24, 2.45) is 5.73 Å². The topological polar surface area (TPSA) is 74.2 Å². The Kier molecular flexibility index (Phi) is 4.50. The molecule has 2 unspecified atom stereocenters. The predicted molar refractivity (Wildman–Crippen MR) is 79.1 cm³/mol. The van der Waals surface area contributed by atoms with E-state index in [-0.39, 0.29) is 6.04 Å². The van der Waals surface area contributed by atoms with Crippen molar-refractivity contribution in [1.82, 2.24) is 10.1 Å². The molecule has 0 radical (unpaired) electrons. The second-order valence-corrected chi connectivity index (χ2v) is 5.58. The second-order valence-electron chi connectivity index (χ2n) is 5.58. The Morgan fingerprint density at radius 2 is 2.10 bits per heavy atom. The van der Waals surface area contributed by atoms with Gasteiger partial charge in [-0.25, -0.2) is 0 Å². The fourth-order valence-corrected chi connectivity index (χ4v) is 2.76. The Bertz CT molecular complexity index is 556. The zero-order valence-electron chi connectivity index (χ0n) is 12.1. The Labute approximate surface area is 124 Å². The molecule has 1 aromatic heterocycles. The van der Waals surface area contributed by atoms with E-state index in [1.165, 1.54) is 0 Å². The number of aromatic nitrogens is 2. The van der Waals surface area contributed by atoms with E-state index in [0.29, 0.717) is 24.8 Å². The second kappa shape index (κ2) is 6.72. The number of nitrogens with zero attached hydrogens (tertiary/aromatic N) is 2. The fourth-order valence-electron chi connectivity index (χ4n) is 2.76. The van der Waals surface area contributed by atoms with Gasteiger partial charge in [0.1, 0.15) is 5.75 Å². The molecule has 1 aromatic carbocycles. The third-order valence-electron chi connectivity index (χ3n) is 3.89. The molecule has 3 rings (SSSR count). The van der Waals surface area contributed by atoms with Crippen molar-refractivity contribution >= 4 is 0 Å². The molecule has 2 aromatic rings. The summed E-state index contributed by atoms with van der Waals surface area (Å²) in [5, 5.41) is 4.04. The molecule has 1 saturated carbocycles. The minimum atomic E-state index is 0.264. The van der Waals surface area contributed by atoms with E-state index >= 15 is 0 Å². The first kappa shape index (κ1) is 14.1. The maximum absolute atomic E-state index is 6.00. The van der Waals surface area contributed by atoms with E-state index in [1.807, 2.05) is 30.3 Å². The summed E-state index contributed by atoms with van der Waals surface area (Å²) in [6, 6.07) is 10.0. The van der Waals surface area contributed by atoms with Crippen LogP contribution in [0.2, 0.25) is 0 Å². The zero-order valence-corrected chi connectivity index (χ0v) is 12.1. The first-order valence-electron chi connectivity index (χ1n) is 7.57. The minimum Gasteiger partial charge on any atom is -0.493 e. The Morgan fingerprint density at radius 1 is 1.24 bits per heavy atom. The summed E-state index contributed by atoms with van der Waals surface area (Å²) < 4.78 is 11.0. The third kappa shape index (κ3) is 3.82. The number of benzene rings is 1. The van der Waals surface area contributed by atoms with Crippen molar-refractivity contribution in [1.29, 1.82) is 0 Å². The highest BCUT2D eigenvalue weighted by Gasteiger charge is 2.25. The summed E-state index contributed by atoms with van der Waals surface area (Å²) in [7, 11) is 0. The molecule has 21 heavy (non-hydrogen) atoms. The highest BCUT2D eigenvalue weighted by molar-refractivity contribution is 5.20. The molecule has 112 valence electrons. The maximum Gasteiger partial charge on any atom is 0.229 e. The number of para-hydroxylation sites is 1. The number of hydrogen-bond acceptors (Lipinski definition) is 5. The van der Waals surface area contributed by atoms with Crippen molar-refractivity contribution in [3.05, 3.63) is 42.0 Å². The van der Waals surface area contributed by atoms with Gasteiger partial charge >= 0.3 is 0 Å². The first-order valence-corrected chi connectivity index (χ1v) is 7.57. The molecule has 0 bridgehead atoms. The third-order valence-corrected chi connectivity index (χ3v) is 3.89. The van der Waals surface area contributed by atoms with Crippen LogP contribution < -0.4 is 10.5 Å². The first-order chi connectivity index (χ1) is 10.3. The Hall–Kier alpha value is -1.88. The number of rotatable bonds is 5. The Morgan fingerprint density at radius 3 is 2.90 bits per heavy atom. The number of ether oxygens (including phenoxy) is 1. The lowest BCUT2D eigenvalue weighted by molar-refractivity contribution is 0.293. The molecule has 5 nitrogen and oxygen atoms in total. The fraction of sp³-hybridized carbons (Fsp3) is 0.500. The summed E-state index contributed by atoms with van der Waals surface area (Å²) >= 11 is 0. The van der Waals surface area contributed by atoms with Crippen molar-refractivity contribution < 1.29 is 9.26 Å². The average Bonchev–Trinajstić information content (AvgIpc) is 2.97. The lowest BCUT2D eigenvalue weighted by Gasteiger charge is -2.23. The van der Waals surface area contributed by atoms with Crippen LogP contribution in [0.1, 0.15) is 43.3 Å². The summed E-state index contributed by atoms with van der Waals surface area (Å²) in [6.45, 7) is 0.549. The van der Waals surface area contributed by atoms with E-state index < -0.39 is 0 Å². The van der Waals surface area contributed by atoms with Crippen LogP contribution in [0, 0.1) is 0 Å². The Balaban J connectivity index is 1.51. The summed E-state index contributed by atoms with van der Waals surface area (Å²) in [4.78, 5) is 4.49. The van der Waals surface area contributed by atoms with Gasteiger partial charge in [-0.15, -0.1) is 0 Å². The van der Waals surface area contributed by atoms with Crippen molar-refractivity contribution in [2.45, 2.75) is 44.1 Å².